The van der Waals surface area contributed by atoms with Crippen molar-refractivity contribution in [2.45, 2.75) is 76.8 Å². The van der Waals surface area contributed by atoms with Gasteiger partial charge in [-0.1, -0.05) is 32.1 Å². The van der Waals surface area contributed by atoms with Crippen molar-refractivity contribution in [2.24, 2.45) is 5.92 Å². The largest absolute Gasteiger partial charge is 0.465 e. The molecule has 0 unspecified atom stereocenters. The minimum atomic E-state index is -0.0501. The van der Waals surface area contributed by atoms with Gasteiger partial charge in [0.1, 0.15) is 6.04 Å². The monoisotopic (exact) mass is 253 g/mol. The van der Waals surface area contributed by atoms with Gasteiger partial charge in [-0.15, -0.1) is 0 Å². The van der Waals surface area contributed by atoms with E-state index < -0.39 is 0 Å². The molecule has 1 saturated carbocycles. The summed E-state index contributed by atoms with van der Waals surface area (Å²) >= 11 is 0. The zero-order valence-corrected chi connectivity index (χ0v) is 11.6. The molecule has 0 amide bonds. The third-order valence-corrected chi connectivity index (χ3v) is 4.47. The lowest BCUT2D eigenvalue weighted by Gasteiger charge is -2.26. The Balaban J connectivity index is 1.81. The standard InChI is InChI=1S/C15H27NO2/c1-2-18-15(17)14-11-10-13(16-14)12-8-6-4-3-5-7-9-12/h12-14,16H,2-11H2,1H3/t13-,14+/m0/s1. The first kappa shape index (κ1) is 13.9. The fourth-order valence-corrected chi connectivity index (χ4v) is 3.46. The quantitative estimate of drug-likeness (QED) is 0.786. The number of carbonyl (C=O) groups is 1. The molecule has 0 bridgehead atoms. The second-order valence-electron chi connectivity index (χ2n) is 5.76. The molecule has 0 aromatic rings. The SMILES string of the molecule is CCOC(=O)[C@H]1CC[C@@H](C2CCCCCCC2)N1. The van der Waals surface area contributed by atoms with Crippen LogP contribution in [0.15, 0.2) is 0 Å². The van der Waals surface area contributed by atoms with Crippen molar-refractivity contribution in [3.8, 4) is 0 Å². The van der Waals surface area contributed by atoms with Crippen LogP contribution in [0, 0.1) is 5.92 Å². The highest BCUT2D eigenvalue weighted by molar-refractivity contribution is 5.76. The summed E-state index contributed by atoms with van der Waals surface area (Å²) in [4.78, 5) is 11.7. The molecule has 3 nitrogen and oxygen atoms in total. The van der Waals surface area contributed by atoms with Gasteiger partial charge in [-0.2, -0.15) is 0 Å². The summed E-state index contributed by atoms with van der Waals surface area (Å²) in [5.41, 5.74) is 0. The summed E-state index contributed by atoms with van der Waals surface area (Å²) in [5.74, 6) is 0.732. The summed E-state index contributed by atoms with van der Waals surface area (Å²) in [6.45, 7) is 2.37. The maximum atomic E-state index is 11.7. The molecule has 18 heavy (non-hydrogen) atoms. The highest BCUT2D eigenvalue weighted by Crippen LogP contribution is 2.30. The molecular formula is C15H27NO2. The van der Waals surface area contributed by atoms with E-state index >= 15 is 0 Å². The molecule has 0 radical (unpaired) electrons. The fourth-order valence-electron chi connectivity index (χ4n) is 3.46. The van der Waals surface area contributed by atoms with Crippen LogP contribution in [-0.4, -0.2) is 24.7 Å². The summed E-state index contributed by atoms with van der Waals surface area (Å²) in [6.07, 6.45) is 11.7. The first-order chi connectivity index (χ1) is 8.81. The van der Waals surface area contributed by atoms with Crippen LogP contribution < -0.4 is 5.32 Å². The second kappa shape index (κ2) is 7.13. The number of carbonyl (C=O) groups excluding carboxylic acids is 1. The van der Waals surface area contributed by atoms with Crippen LogP contribution in [0.1, 0.15) is 64.7 Å². The Labute approximate surface area is 111 Å². The zero-order chi connectivity index (χ0) is 12.8. The second-order valence-corrected chi connectivity index (χ2v) is 5.76. The van der Waals surface area contributed by atoms with Gasteiger partial charge in [-0.05, 0) is 38.5 Å². The van der Waals surface area contributed by atoms with Crippen molar-refractivity contribution in [1.29, 1.82) is 0 Å². The lowest BCUT2D eigenvalue weighted by molar-refractivity contribution is -0.145. The molecule has 1 aliphatic carbocycles. The Hall–Kier alpha value is -0.570. The van der Waals surface area contributed by atoms with Gasteiger partial charge in [0.2, 0.25) is 0 Å². The minimum absolute atomic E-state index is 0.0413. The first-order valence-electron chi connectivity index (χ1n) is 7.74. The van der Waals surface area contributed by atoms with E-state index in [1.807, 2.05) is 6.92 Å². The normalized spacial score (nSPS) is 30.7. The van der Waals surface area contributed by atoms with Crippen molar-refractivity contribution in [2.75, 3.05) is 6.61 Å². The van der Waals surface area contributed by atoms with Crippen LogP contribution in [0.4, 0.5) is 0 Å². The molecule has 2 fully saturated rings. The molecular weight excluding hydrogens is 226 g/mol. The Morgan fingerprint density at radius 1 is 1.06 bits per heavy atom. The molecule has 1 saturated heterocycles. The van der Waals surface area contributed by atoms with Gasteiger partial charge in [0, 0.05) is 6.04 Å². The summed E-state index contributed by atoms with van der Waals surface area (Å²) < 4.78 is 5.10. The Morgan fingerprint density at radius 3 is 2.39 bits per heavy atom. The Morgan fingerprint density at radius 2 is 1.72 bits per heavy atom. The number of ether oxygens (including phenoxy) is 1. The van der Waals surface area contributed by atoms with Crippen LogP contribution in [-0.2, 0) is 9.53 Å². The summed E-state index contributed by atoms with van der Waals surface area (Å²) in [6, 6.07) is 0.512. The van der Waals surface area contributed by atoms with E-state index in [2.05, 4.69) is 5.32 Å². The highest BCUT2D eigenvalue weighted by Gasteiger charge is 2.34. The lowest BCUT2D eigenvalue weighted by atomic mass is 9.85. The topological polar surface area (TPSA) is 38.3 Å². The number of nitrogens with one attached hydrogen (secondary N) is 1. The van der Waals surface area contributed by atoms with Gasteiger partial charge in [-0.3, -0.25) is 4.79 Å². The zero-order valence-electron chi connectivity index (χ0n) is 11.6. The highest BCUT2D eigenvalue weighted by atomic mass is 16.5. The number of esters is 1. The average molecular weight is 253 g/mol. The van der Waals surface area contributed by atoms with E-state index in [1.165, 1.54) is 44.9 Å². The van der Waals surface area contributed by atoms with Gasteiger partial charge in [0.15, 0.2) is 0 Å². The minimum Gasteiger partial charge on any atom is -0.465 e. The van der Waals surface area contributed by atoms with Gasteiger partial charge >= 0.3 is 5.97 Å². The van der Waals surface area contributed by atoms with Crippen LogP contribution >= 0.6 is 0 Å². The van der Waals surface area contributed by atoms with Crippen LogP contribution in [0.5, 0.6) is 0 Å². The molecule has 1 aliphatic heterocycles. The molecule has 104 valence electrons. The van der Waals surface area contributed by atoms with Crippen molar-refractivity contribution < 1.29 is 9.53 Å². The van der Waals surface area contributed by atoms with Crippen molar-refractivity contribution >= 4 is 5.97 Å². The number of hydrogen-bond donors (Lipinski definition) is 1. The van der Waals surface area contributed by atoms with Crippen molar-refractivity contribution in [3.63, 3.8) is 0 Å². The smallest absolute Gasteiger partial charge is 0.323 e. The Bertz CT molecular complexity index is 259. The van der Waals surface area contributed by atoms with Crippen LogP contribution in [0.2, 0.25) is 0 Å². The molecule has 1 heterocycles. The van der Waals surface area contributed by atoms with E-state index in [0.29, 0.717) is 12.6 Å². The molecule has 0 spiro atoms. The Kier molecular flexibility index (Phi) is 5.48. The molecule has 0 aromatic heterocycles. The maximum absolute atomic E-state index is 11.7. The molecule has 2 rings (SSSR count). The van der Waals surface area contributed by atoms with Gasteiger partial charge in [0.05, 0.1) is 6.61 Å². The first-order valence-corrected chi connectivity index (χ1v) is 7.74. The van der Waals surface area contributed by atoms with Crippen LogP contribution in [0.3, 0.4) is 0 Å². The average Bonchev–Trinajstić information content (AvgIpc) is 2.78. The molecule has 2 atom stereocenters. The van der Waals surface area contributed by atoms with E-state index in [4.69, 9.17) is 4.74 Å². The summed E-state index contributed by atoms with van der Waals surface area (Å²) in [5, 5.41) is 3.52. The third kappa shape index (κ3) is 3.71. The lowest BCUT2D eigenvalue weighted by Crippen LogP contribution is -2.40. The third-order valence-electron chi connectivity index (χ3n) is 4.47. The molecule has 3 heteroatoms. The van der Waals surface area contributed by atoms with E-state index in [0.717, 1.165) is 18.8 Å². The fraction of sp³-hybridized carbons (Fsp3) is 0.933. The van der Waals surface area contributed by atoms with Crippen molar-refractivity contribution in [3.05, 3.63) is 0 Å². The number of rotatable bonds is 3. The van der Waals surface area contributed by atoms with E-state index in [1.54, 1.807) is 0 Å². The van der Waals surface area contributed by atoms with Gasteiger partial charge < -0.3 is 10.1 Å². The van der Waals surface area contributed by atoms with Gasteiger partial charge in [-0.25, -0.2) is 0 Å². The molecule has 2 aliphatic rings. The predicted molar refractivity (Wildman–Crippen MR) is 72.4 cm³/mol. The maximum Gasteiger partial charge on any atom is 0.323 e. The van der Waals surface area contributed by atoms with Gasteiger partial charge in [0.25, 0.3) is 0 Å². The number of hydrogen-bond acceptors (Lipinski definition) is 3. The molecule has 0 aromatic carbocycles. The summed E-state index contributed by atoms with van der Waals surface area (Å²) in [7, 11) is 0. The van der Waals surface area contributed by atoms with Crippen LogP contribution in [0.25, 0.3) is 0 Å². The van der Waals surface area contributed by atoms with E-state index in [9.17, 15) is 4.79 Å². The molecule has 1 N–H and O–H groups in total. The predicted octanol–water partition coefficient (Wildman–Crippen LogP) is 3.03. The van der Waals surface area contributed by atoms with Crippen molar-refractivity contribution in [1.82, 2.24) is 5.32 Å². The van der Waals surface area contributed by atoms with E-state index in [-0.39, 0.29) is 12.0 Å².